The Morgan fingerprint density at radius 1 is 1.13 bits per heavy atom. The number of carbonyl (C=O) groups excluding carboxylic acids is 1. The molecule has 0 N–H and O–H groups in total. The lowest BCUT2D eigenvalue weighted by Gasteiger charge is -2.29. The molecule has 0 bridgehead atoms. The number of likely N-dealkylation sites (N-methyl/N-ethyl adjacent to an activating group) is 1. The first-order valence-corrected chi connectivity index (χ1v) is 12.5. The molecule has 6 nitrogen and oxygen atoms in total. The third-order valence-electron chi connectivity index (χ3n) is 6.48. The van der Waals surface area contributed by atoms with Crippen molar-refractivity contribution in [3.8, 4) is 0 Å². The largest absolute Gasteiger partial charge is 0.348 e. The van der Waals surface area contributed by atoms with E-state index in [-0.39, 0.29) is 11.6 Å². The number of aromatic nitrogens is 2. The number of aryl methyl sites for hydroxylation is 1. The Balaban J connectivity index is 1.49. The number of hydrogen-bond acceptors (Lipinski definition) is 5. The number of hydrogen-bond donors (Lipinski definition) is 0. The van der Waals surface area contributed by atoms with Gasteiger partial charge in [-0.15, -0.1) is 0 Å². The maximum atomic E-state index is 13.0. The summed E-state index contributed by atoms with van der Waals surface area (Å²) in [6, 6.07) is 8.16. The minimum Gasteiger partial charge on any atom is -0.311 e. The molecule has 0 unspecified atom stereocenters. The first-order valence-electron chi connectivity index (χ1n) is 11.5. The van der Waals surface area contributed by atoms with Gasteiger partial charge in [-0.1, -0.05) is 43.8 Å². The molecule has 1 aliphatic heterocycles. The van der Waals surface area contributed by atoms with Crippen molar-refractivity contribution in [2.45, 2.75) is 57.5 Å². The molecule has 1 aromatic heterocycles. The van der Waals surface area contributed by atoms with E-state index in [1.807, 2.05) is 27.7 Å². The smallest absolute Gasteiger partial charge is 0.311 e. The van der Waals surface area contributed by atoms with Gasteiger partial charge in [-0.05, 0) is 56.8 Å². The summed E-state index contributed by atoms with van der Waals surface area (Å²) in [7, 11) is 0. The molecule has 0 spiro atoms. The summed E-state index contributed by atoms with van der Waals surface area (Å²) in [5, 5.41) is 0.759. The topological polar surface area (TPSA) is 58.4 Å². The van der Waals surface area contributed by atoms with Crippen LogP contribution >= 0.6 is 11.8 Å². The summed E-state index contributed by atoms with van der Waals surface area (Å²) in [6.07, 6.45) is 4.92. The molecule has 31 heavy (non-hydrogen) atoms. The number of fused-ring (bicyclic) bond motifs is 2. The van der Waals surface area contributed by atoms with E-state index in [9.17, 15) is 9.59 Å². The Morgan fingerprint density at radius 2 is 1.94 bits per heavy atom. The van der Waals surface area contributed by atoms with Crippen LogP contribution in [0.4, 0.5) is 5.69 Å². The van der Waals surface area contributed by atoms with Gasteiger partial charge in [0.05, 0.1) is 5.75 Å². The van der Waals surface area contributed by atoms with Gasteiger partial charge in [0.25, 0.3) is 0 Å². The van der Waals surface area contributed by atoms with Crippen LogP contribution in [0, 0.1) is 0 Å². The lowest BCUT2D eigenvalue weighted by atomic mass is 10.0. The van der Waals surface area contributed by atoms with Gasteiger partial charge in [-0.3, -0.25) is 9.36 Å². The second kappa shape index (κ2) is 10.0. The number of carbonyl (C=O) groups is 1. The first kappa shape index (κ1) is 22.1. The minimum absolute atomic E-state index is 0.0939. The van der Waals surface area contributed by atoms with Gasteiger partial charge < -0.3 is 9.80 Å². The first-order chi connectivity index (χ1) is 15.1. The van der Waals surface area contributed by atoms with Gasteiger partial charge >= 0.3 is 5.69 Å². The maximum absolute atomic E-state index is 13.0. The van der Waals surface area contributed by atoms with Crippen molar-refractivity contribution in [3.63, 3.8) is 0 Å². The van der Waals surface area contributed by atoms with Crippen molar-refractivity contribution >= 4 is 23.4 Å². The van der Waals surface area contributed by atoms with E-state index in [1.54, 1.807) is 0 Å². The molecule has 2 aliphatic rings. The van der Waals surface area contributed by atoms with E-state index in [0.29, 0.717) is 12.3 Å². The lowest BCUT2D eigenvalue weighted by Crippen LogP contribution is -2.37. The fourth-order valence-corrected chi connectivity index (χ4v) is 5.67. The quantitative estimate of drug-likeness (QED) is 0.466. The monoisotopic (exact) mass is 440 g/mol. The van der Waals surface area contributed by atoms with Crippen LogP contribution < -0.4 is 10.6 Å². The Bertz CT molecular complexity index is 1000. The summed E-state index contributed by atoms with van der Waals surface area (Å²) < 4.78 is 1.87. The molecule has 0 saturated heterocycles. The van der Waals surface area contributed by atoms with Crippen molar-refractivity contribution in [2.75, 3.05) is 36.8 Å². The Hall–Kier alpha value is -2.12. The predicted octanol–water partition coefficient (Wildman–Crippen LogP) is 3.15. The van der Waals surface area contributed by atoms with Crippen LogP contribution in [-0.2, 0) is 30.6 Å². The third-order valence-corrected chi connectivity index (χ3v) is 7.48. The molecule has 0 atom stereocenters. The number of amides is 1. The molecular formula is C24H32N4O2S. The SMILES string of the molecule is CCN(CC)CCn1c2c(c(SCC(=O)N3CCCc4ccccc43)nc1=O)CCC2. The second-order valence-electron chi connectivity index (χ2n) is 8.22. The van der Waals surface area contributed by atoms with Crippen LogP contribution in [0.25, 0.3) is 0 Å². The van der Waals surface area contributed by atoms with Crippen LogP contribution in [0.1, 0.15) is 43.5 Å². The number of anilines is 1. The number of nitrogens with zero attached hydrogens (tertiary/aromatic N) is 4. The van der Waals surface area contributed by atoms with E-state index < -0.39 is 0 Å². The standard InChI is InChI=1S/C24H32N4O2S/c1-3-26(4-2)15-16-28-21-13-7-11-19(21)23(25-24(28)30)31-17-22(29)27-14-8-10-18-9-5-6-12-20(18)27/h5-6,9,12H,3-4,7-8,10-11,13-17H2,1-2H3. The zero-order valence-electron chi connectivity index (χ0n) is 18.6. The van der Waals surface area contributed by atoms with E-state index in [2.05, 4.69) is 29.8 Å². The number of thioether (sulfide) groups is 1. The fourth-order valence-electron chi connectivity index (χ4n) is 4.72. The predicted molar refractivity (Wildman–Crippen MR) is 126 cm³/mol. The molecule has 4 rings (SSSR count). The van der Waals surface area contributed by atoms with E-state index in [0.717, 1.165) is 74.7 Å². The van der Waals surface area contributed by atoms with Crippen molar-refractivity contribution in [1.82, 2.24) is 14.5 Å². The van der Waals surface area contributed by atoms with E-state index in [1.165, 1.54) is 22.9 Å². The summed E-state index contributed by atoms with van der Waals surface area (Å²) in [4.78, 5) is 34.5. The average molecular weight is 441 g/mol. The van der Waals surface area contributed by atoms with Gasteiger partial charge in [-0.25, -0.2) is 4.79 Å². The molecular weight excluding hydrogens is 408 g/mol. The number of rotatable bonds is 8. The molecule has 166 valence electrons. The molecule has 7 heteroatoms. The third kappa shape index (κ3) is 4.72. The van der Waals surface area contributed by atoms with Crippen molar-refractivity contribution in [2.24, 2.45) is 0 Å². The van der Waals surface area contributed by atoms with Gasteiger partial charge in [0.2, 0.25) is 5.91 Å². The van der Waals surface area contributed by atoms with Gasteiger partial charge in [-0.2, -0.15) is 4.98 Å². The number of para-hydroxylation sites is 1. The highest BCUT2D eigenvalue weighted by molar-refractivity contribution is 8.00. The van der Waals surface area contributed by atoms with Crippen LogP contribution in [0.3, 0.4) is 0 Å². The van der Waals surface area contributed by atoms with Gasteiger partial charge in [0.15, 0.2) is 0 Å². The Kier molecular flexibility index (Phi) is 7.13. The Morgan fingerprint density at radius 3 is 2.74 bits per heavy atom. The van der Waals surface area contributed by atoms with Gasteiger partial charge in [0.1, 0.15) is 5.03 Å². The molecule has 2 heterocycles. The number of benzene rings is 1. The summed E-state index contributed by atoms with van der Waals surface area (Å²) in [6.45, 7) is 8.56. The van der Waals surface area contributed by atoms with Crippen molar-refractivity contribution in [1.29, 1.82) is 0 Å². The summed E-state index contributed by atoms with van der Waals surface area (Å²) in [5.41, 5.74) is 4.40. The minimum atomic E-state index is -0.175. The molecule has 1 aromatic carbocycles. The highest BCUT2D eigenvalue weighted by atomic mass is 32.2. The molecule has 0 saturated carbocycles. The zero-order valence-corrected chi connectivity index (χ0v) is 19.4. The molecule has 1 aliphatic carbocycles. The summed E-state index contributed by atoms with van der Waals surface area (Å²) in [5.74, 6) is 0.410. The van der Waals surface area contributed by atoms with Crippen LogP contribution in [0.5, 0.6) is 0 Å². The average Bonchev–Trinajstić information content (AvgIpc) is 3.29. The van der Waals surface area contributed by atoms with Crippen LogP contribution in [-0.4, -0.2) is 52.3 Å². The van der Waals surface area contributed by atoms with Crippen molar-refractivity contribution in [3.05, 3.63) is 51.6 Å². The molecule has 1 amide bonds. The van der Waals surface area contributed by atoms with Crippen LogP contribution in [0.15, 0.2) is 34.1 Å². The summed E-state index contributed by atoms with van der Waals surface area (Å²) >= 11 is 1.43. The van der Waals surface area contributed by atoms with E-state index >= 15 is 0 Å². The zero-order chi connectivity index (χ0) is 21.8. The van der Waals surface area contributed by atoms with Crippen molar-refractivity contribution < 1.29 is 4.79 Å². The Labute approximate surface area is 188 Å². The second-order valence-corrected chi connectivity index (χ2v) is 9.19. The molecule has 2 aromatic rings. The lowest BCUT2D eigenvalue weighted by molar-refractivity contribution is -0.116. The fraction of sp³-hybridized carbons (Fsp3) is 0.542. The maximum Gasteiger partial charge on any atom is 0.348 e. The highest BCUT2D eigenvalue weighted by Gasteiger charge is 2.25. The normalized spacial score (nSPS) is 15.3. The molecule has 0 fully saturated rings. The molecule has 0 radical (unpaired) electrons. The highest BCUT2D eigenvalue weighted by Crippen LogP contribution is 2.31. The van der Waals surface area contributed by atoms with Gasteiger partial charge in [0, 0.05) is 36.6 Å². The van der Waals surface area contributed by atoms with Crippen LogP contribution in [0.2, 0.25) is 0 Å². The van der Waals surface area contributed by atoms with E-state index in [4.69, 9.17) is 0 Å².